The second kappa shape index (κ2) is 8.16. The van der Waals surface area contributed by atoms with Crippen LogP contribution in [0.5, 0.6) is 17.2 Å². The highest BCUT2D eigenvalue weighted by atomic mass is 16.5. The van der Waals surface area contributed by atoms with Crippen molar-refractivity contribution in [2.75, 3.05) is 20.8 Å². The summed E-state index contributed by atoms with van der Waals surface area (Å²) < 4.78 is 27.3. The predicted molar refractivity (Wildman–Crippen MR) is 110 cm³/mol. The molecule has 4 aromatic rings. The third-order valence-electron chi connectivity index (χ3n) is 4.55. The van der Waals surface area contributed by atoms with E-state index in [-0.39, 0.29) is 29.3 Å². The Kier molecular flexibility index (Phi) is 5.26. The number of Topliss-reactive ketones (excluding diaryl/α,β-unsaturated/α-hetero) is 1. The van der Waals surface area contributed by atoms with E-state index in [2.05, 4.69) is 0 Å². The van der Waals surface area contributed by atoms with Gasteiger partial charge in [0, 0.05) is 5.56 Å². The highest BCUT2D eigenvalue weighted by Crippen LogP contribution is 2.32. The van der Waals surface area contributed by atoms with Crippen LogP contribution in [0.3, 0.4) is 0 Å². The lowest BCUT2D eigenvalue weighted by molar-refractivity contribution is 0.0919. The lowest BCUT2D eigenvalue weighted by Crippen LogP contribution is -2.17. The summed E-state index contributed by atoms with van der Waals surface area (Å²) in [6.45, 7) is -0.369. The third kappa shape index (κ3) is 3.53. The summed E-state index contributed by atoms with van der Waals surface area (Å²) in [5.74, 6) is 0.955. The van der Waals surface area contributed by atoms with Crippen molar-refractivity contribution in [2.45, 2.75) is 0 Å². The van der Waals surface area contributed by atoms with E-state index in [1.807, 2.05) is 0 Å². The molecule has 0 radical (unpaired) electrons. The van der Waals surface area contributed by atoms with Crippen LogP contribution in [-0.4, -0.2) is 26.6 Å². The first kappa shape index (κ1) is 19.3. The quantitative estimate of drug-likeness (QED) is 0.422. The maximum atomic E-state index is 13.0. The van der Waals surface area contributed by atoms with Gasteiger partial charge in [-0.25, -0.2) is 0 Å². The molecule has 0 atom stereocenters. The van der Waals surface area contributed by atoms with Crippen molar-refractivity contribution in [1.29, 1.82) is 0 Å². The van der Waals surface area contributed by atoms with Crippen LogP contribution in [0, 0.1) is 0 Å². The zero-order valence-electron chi connectivity index (χ0n) is 16.3. The van der Waals surface area contributed by atoms with Crippen LogP contribution < -0.4 is 19.6 Å². The van der Waals surface area contributed by atoms with Gasteiger partial charge in [-0.2, -0.15) is 0 Å². The topological polar surface area (TPSA) is 88.1 Å². The van der Waals surface area contributed by atoms with E-state index in [9.17, 15) is 9.59 Å². The van der Waals surface area contributed by atoms with E-state index >= 15 is 0 Å². The van der Waals surface area contributed by atoms with Crippen molar-refractivity contribution >= 4 is 16.8 Å². The summed E-state index contributed by atoms with van der Waals surface area (Å²) in [5.41, 5.74) is 0.369. The molecule has 4 rings (SSSR count). The standard InChI is InChI=1S/C23H18O7/c1-26-18-10-9-14(12-20(18)27-2)16(24)13-29-23-21(25)15-6-3-4-7-17(15)30-22(23)19-8-5-11-28-19/h3-12H,13H2,1-2H3. The number of rotatable bonds is 7. The van der Waals surface area contributed by atoms with Gasteiger partial charge in [-0.3, -0.25) is 9.59 Å². The SMILES string of the molecule is COc1ccc(C(=O)COc2c(-c3ccco3)oc3ccccc3c2=O)cc1OC. The second-order valence-corrected chi connectivity index (χ2v) is 6.34. The average molecular weight is 406 g/mol. The third-order valence-corrected chi connectivity index (χ3v) is 4.55. The Morgan fingerprint density at radius 1 is 0.967 bits per heavy atom. The molecule has 0 N–H and O–H groups in total. The fourth-order valence-corrected chi connectivity index (χ4v) is 3.06. The van der Waals surface area contributed by atoms with Crippen LogP contribution in [0.2, 0.25) is 0 Å². The minimum atomic E-state index is -0.386. The summed E-state index contributed by atoms with van der Waals surface area (Å²) in [5, 5.41) is 0.348. The first-order chi connectivity index (χ1) is 14.6. The van der Waals surface area contributed by atoms with E-state index in [1.165, 1.54) is 20.5 Å². The van der Waals surface area contributed by atoms with E-state index in [1.54, 1.807) is 54.6 Å². The molecule has 0 aliphatic heterocycles. The van der Waals surface area contributed by atoms with E-state index in [4.69, 9.17) is 23.0 Å². The number of carbonyl (C=O) groups excluding carboxylic acids is 1. The first-order valence-corrected chi connectivity index (χ1v) is 9.10. The van der Waals surface area contributed by atoms with Crippen molar-refractivity contribution in [3.8, 4) is 28.8 Å². The van der Waals surface area contributed by atoms with Gasteiger partial charge in [0.15, 0.2) is 29.6 Å². The zero-order valence-corrected chi connectivity index (χ0v) is 16.3. The first-order valence-electron chi connectivity index (χ1n) is 9.10. The van der Waals surface area contributed by atoms with Crippen LogP contribution >= 0.6 is 0 Å². The maximum Gasteiger partial charge on any atom is 0.235 e. The van der Waals surface area contributed by atoms with E-state index in [0.717, 1.165) is 0 Å². The molecule has 0 fully saturated rings. The van der Waals surface area contributed by atoms with Gasteiger partial charge in [0.25, 0.3) is 0 Å². The van der Waals surface area contributed by atoms with Crippen LogP contribution in [0.1, 0.15) is 10.4 Å². The summed E-state index contributed by atoms with van der Waals surface area (Å²) in [6.07, 6.45) is 1.46. The van der Waals surface area contributed by atoms with Crippen molar-refractivity contribution in [1.82, 2.24) is 0 Å². The molecule has 7 heteroatoms. The Hall–Kier alpha value is -4.00. The average Bonchev–Trinajstić information content (AvgIpc) is 3.32. The van der Waals surface area contributed by atoms with Gasteiger partial charge in [0.05, 0.1) is 25.9 Å². The molecule has 2 aromatic heterocycles. The summed E-state index contributed by atoms with van der Waals surface area (Å²) in [6, 6.07) is 14.9. The Morgan fingerprint density at radius 3 is 2.50 bits per heavy atom. The molecule has 30 heavy (non-hydrogen) atoms. The van der Waals surface area contributed by atoms with Crippen molar-refractivity contribution < 1.29 is 27.8 Å². The molecule has 0 saturated heterocycles. The Labute approximate surface area is 171 Å². The molecule has 0 saturated carbocycles. The van der Waals surface area contributed by atoms with Crippen LogP contribution in [0.15, 0.2) is 74.5 Å². The predicted octanol–water partition coefficient (Wildman–Crippen LogP) is 4.33. The zero-order chi connectivity index (χ0) is 21.1. The van der Waals surface area contributed by atoms with Gasteiger partial charge < -0.3 is 23.0 Å². The molecule has 0 spiro atoms. The molecule has 7 nitrogen and oxygen atoms in total. The minimum absolute atomic E-state index is 0.0857. The highest BCUT2D eigenvalue weighted by molar-refractivity contribution is 5.98. The second-order valence-electron chi connectivity index (χ2n) is 6.34. The molecule has 0 bridgehead atoms. The fourth-order valence-electron chi connectivity index (χ4n) is 3.06. The smallest absolute Gasteiger partial charge is 0.235 e. The number of benzene rings is 2. The van der Waals surface area contributed by atoms with Gasteiger partial charge in [-0.15, -0.1) is 0 Å². The Bertz CT molecular complexity index is 1250. The number of hydrogen-bond acceptors (Lipinski definition) is 7. The number of fused-ring (bicyclic) bond motifs is 1. The number of hydrogen-bond donors (Lipinski definition) is 0. The number of furan rings is 1. The number of para-hydroxylation sites is 1. The van der Waals surface area contributed by atoms with E-state index in [0.29, 0.717) is 33.8 Å². The van der Waals surface area contributed by atoms with Gasteiger partial charge in [-0.1, -0.05) is 12.1 Å². The Morgan fingerprint density at radius 2 is 1.77 bits per heavy atom. The van der Waals surface area contributed by atoms with Gasteiger partial charge in [-0.05, 0) is 42.5 Å². The van der Waals surface area contributed by atoms with Crippen molar-refractivity contribution in [3.63, 3.8) is 0 Å². The Balaban J connectivity index is 1.68. The molecule has 0 aliphatic carbocycles. The fraction of sp³-hybridized carbons (Fsp3) is 0.130. The molecule has 2 aromatic carbocycles. The van der Waals surface area contributed by atoms with Gasteiger partial charge in [0.1, 0.15) is 5.58 Å². The van der Waals surface area contributed by atoms with E-state index < -0.39 is 0 Å². The summed E-state index contributed by atoms with van der Waals surface area (Å²) >= 11 is 0. The number of ketones is 1. The molecule has 152 valence electrons. The minimum Gasteiger partial charge on any atom is -0.493 e. The molecule has 2 heterocycles. The largest absolute Gasteiger partial charge is 0.493 e. The summed E-state index contributed by atoms with van der Waals surface area (Å²) in [4.78, 5) is 25.7. The maximum absolute atomic E-state index is 13.0. The lowest BCUT2D eigenvalue weighted by atomic mass is 10.1. The molecular formula is C23H18O7. The van der Waals surface area contributed by atoms with Crippen molar-refractivity contribution in [3.05, 3.63) is 76.6 Å². The normalized spacial score (nSPS) is 10.7. The molecule has 0 aliphatic rings. The van der Waals surface area contributed by atoms with Crippen molar-refractivity contribution in [2.24, 2.45) is 0 Å². The summed E-state index contributed by atoms with van der Waals surface area (Å²) in [7, 11) is 3.00. The molecule has 0 amide bonds. The number of methoxy groups -OCH3 is 2. The number of ether oxygens (including phenoxy) is 3. The monoisotopic (exact) mass is 406 g/mol. The van der Waals surface area contributed by atoms with Crippen LogP contribution in [0.25, 0.3) is 22.5 Å². The number of carbonyl (C=O) groups is 1. The van der Waals surface area contributed by atoms with Crippen LogP contribution in [0.4, 0.5) is 0 Å². The van der Waals surface area contributed by atoms with Gasteiger partial charge in [0.2, 0.25) is 16.9 Å². The molecule has 0 unspecified atom stereocenters. The molecular weight excluding hydrogens is 388 g/mol. The van der Waals surface area contributed by atoms with Gasteiger partial charge >= 0.3 is 0 Å². The van der Waals surface area contributed by atoms with Crippen LogP contribution in [-0.2, 0) is 0 Å². The highest BCUT2D eigenvalue weighted by Gasteiger charge is 2.21. The lowest BCUT2D eigenvalue weighted by Gasteiger charge is -2.11.